The van der Waals surface area contributed by atoms with Crippen LogP contribution < -0.4 is 5.32 Å². The van der Waals surface area contributed by atoms with Gasteiger partial charge in [0.05, 0.1) is 12.1 Å². The van der Waals surface area contributed by atoms with Crippen LogP contribution >= 0.6 is 0 Å². The number of rotatable bonds is 7. The summed E-state index contributed by atoms with van der Waals surface area (Å²) < 4.78 is 1.77. The summed E-state index contributed by atoms with van der Waals surface area (Å²) in [7, 11) is 0. The van der Waals surface area contributed by atoms with Crippen molar-refractivity contribution in [3.63, 3.8) is 0 Å². The summed E-state index contributed by atoms with van der Waals surface area (Å²) in [5.41, 5.74) is 4.92. The van der Waals surface area contributed by atoms with Crippen LogP contribution in [0.2, 0.25) is 0 Å². The summed E-state index contributed by atoms with van der Waals surface area (Å²) in [6, 6.07) is 17.0. The lowest BCUT2D eigenvalue weighted by Crippen LogP contribution is -2.43. The molecule has 0 radical (unpaired) electrons. The van der Waals surface area contributed by atoms with Crippen LogP contribution in [0.5, 0.6) is 0 Å². The Labute approximate surface area is 183 Å². The highest BCUT2D eigenvalue weighted by atomic mass is 16.2. The van der Waals surface area contributed by atoms with Crippen molar-refractivity contribution in [3.8, 4) is 11.1 Å². The molecule has 1 aromatic heterocycles. The van der Waals surface area contributed by atoms with Gasteiger partial charge < -0.3 is 5.32 Å². The second-order valence-corrected chi connectivity index (χ2v) is 8.78. The van der Waals surface area contributed by atoms with Crippen molar-refractivity contribution in [1.82, 2.24) is 30.4 Å². The van der Waals surface area contributed by atoms with Crippen LogP contribution in [0.3, 0.4) is 0 Å². The Balaban J connectivity index is 1.50. The highest BCUT2D eigenvalue weighted by Gasteiger charge is 2.38. The van der Waals surface area contributed by atoms with Crippen molar-refractivity contribution in [2.75, 3.05) is 13.1 Å². The quantitative estimate of drug-likeness (QED) is 0.638. The number of nitrogens with zero attached hydrogens (tertiary/aromatic N) is 5. The maximum atomic E-state index is 12.9. The van der Waals surface area contributed by atoms with Crippen LogP contribution in [0.4, 0.5) is 0 Å². The van der Waals surface area contributed by atoms with E-state index in [9.17, 15) is 4.79 Å². The maximum Gasteiger partial charge on any atom is 0.237 e. The summed E-state index contributed by atoms with van der Waals surface area (Å²) in [6.07, 6.45) is 2.34. The van der Waals surface area contributed by atoms with E-state index < -0.39 is 0 Å². The molecule has 31 heavy (non-hydrogen) atoms. The molecular formula is C24H30N6O. The van der Waals surface area contributed by atoms with Gasteiger partial charge in [-0.25, -0.2) is 4.68 Å². The summed E-state index contributed by atoms with van der Waals surface area (Å²) in [5, 5.41) is 14.7. The van der Waals surface area contributed by atoms with E-state index in [-0.39, 0.29) is 18.0 Å². The van der Waals surface area contributed by atoms with E-state index in [4.69, 9.17) is 0 Å². The Morgan fingerprint density at radius 2 is 1.94 bits per heavy atom. The van der Waals surface area contributed by atoms with Gasteiger partial charge in [0, 0.05) is 19.6 Å². The number of aryl methyl sites for hydroxylation is 1. The van der Waals surface area contributed by atoms with E-state index in [1.54, 1.807) is 11.0 Å². The fraction of sp³-hybridized carbons (Fsp3) is 0.417. The van der Waals surface area contributed by atoms with E-state index >= 15 is 0 Å². The molecule has 1 saturated heterocycles. The third kappa shape index (κ3) is 4.99. The average molecular weight is 419 g/mol. The molecule has 0 saturated carbocycles. The zero-order chi connectivity index (χ0) is 21.8. The fourth-order valence-corrected chi connectivity index (χ4v) is 4.20. The highest BCUT2D eigenvalue weighted by molar-refractivity contribution is 5.82. The molecule has 0 bridgehead atoms. The minimum Gasteiger partial charge on any atom is -0.354 e. The van der Waals surface area contributed by atoms with Crippen molar-refractivity contribution in [3.05, 3.63) is 66.0 Å². The molecule has 0 unspecified atom stereocenters. The molecule has 2 atom stereocenters. The number of benzene rings is 2. The first-order valence-corrected chi connectivity index (χ1v) is 10.9. The SMILES string of the molecule is Cc1ccccc1-c1ccc(CN2C[C@H](n3cnnn3)C[C@H]2C(=O)NCC(C)C)cc1. The highest BCUT2D eigenvalue weighted by Crippen LogP contribution is 2.29. The second kappa shape index (κ2) is 9.39. The van der Waals surface area contributed by atoms with Gasteiger partial charge in [0.2, 0.25) is 5.91 Å². The number of aromatic nitrogens is 4. The summed E-state index contributed by atoms with van der Waals surface area (Å²) in [6.45, 7) is 8.48. The molecule has 162 valence electrons. The van der Waals surface area contributed by atoms with Crippen LogP contribution in [-0.4, -0.2) is 50.1 Å². The first-order chi connectivity index (χ1) is 15.0. The molecule has 1 N–H and O–H groups in total. The number of likely N-dealkylation sites (tertiary alicyclic amines) is 1. The summed E-state index contributed by atoms with van der Waals surface area (Å²) in [4.78, 5) is 15.2. The van der Waals surface area contributed by atoms with Gasteiger partial charge in [0.15, 0.2) is 0 Å². The van der Waals surface area contributed by atoms with Gasteiger partial charge in [-0.3, -0.25) is 9.69 Å². The number of tetrazole rings is 1. The Kier molecular flexibility index (Phi) is 6.42. The Bertz CT molecular complexity index is 999. The first-order valence-electron chi connectivity index (χ1n) is 10.9. The van der Waals surface area contributed by atoms with E-state index in [0.29, 0.717) is 25.4 Å². The second-order valence-electron chi connectivity index (χ2n) is 8.78. The Morgan fingerprint density at radius 1 is 1.16 bits per heavy atom. The molecule has 4 rings (SSSR count). The summed E-state index contributed by atoms with van der Waals surface area (Å²) in [5.74, 6) is 0.504. The molecule has 1 aliphatic rings. The number of nitrogens with one attached hydrogen (secondary N) is 1. The predicted octanol–water partition coefficient (Wildman–Crippen LogP) is 3.24. The van der Waals surface area contributed by atoms with Crippen molar-refractivity contribution < 1.29 is 4.79 Å². The molecule has 7 nitrogen and oxygen atoms in total. The van der Waals surface area contributed by atoms with E-state index in [0.717, 1.165) is 6.54 Å². The monoisotopic (exact) mass is 418 g/mol. The normalized spacial score (nSPS) is 19.1. The molecule has 3 aromatic rings. The van der Waals surface area contributed by atoms with Gasteiger partial charge in [-0.2, -0.15) is 0 Å². The van der Waals surface area contributed by atoms with Crippen molar-refractivity contribution in [1.29, 1.82) is 0 Å². The number of amides is 1. The van der Waals surface area contributed by atoms with Crippen LogP contribution in [0.25, 0.3) is 11.1 Å². The fourth-order valence-electron chi connectivity index (χ4n) is 4.20. The first kappa shape index (κ1) is 21.2. The molecule has 1 aliphatic heterocycles. The maximum absolute atomic E-state index is 12.9. The average Bonchev–Trinajstić information content (AvgIpc) is 3.43. The van der Waals surface area contributed by atoms with Gasteiger partial charge in [0.1, 0.15) is 6.33 Å². The van der Waals surface area contributed by atoms with Gasteiger partial charge >= 0.3 is 0 Å². The molecule has 2 heterocycles. The van der Waals surface area contributed by atoms with E-state index in [1.807, 2.05) is 0 Å². The zero-order valence-electron chi connectivity index (χ0n) is 18.4. The smallest absolute Gasteiger partial charge is 0.237 e. The Morgan fingerprint density at radius 3 is 2.61 bits per heavy atom. The lowest BCUT2D eigenvalue weighted by Gasteiger charge is -2.24. The number of carbonyl (C=O) groups excluding carboxylic acids is 1. The van der Waals surface area contributed by atoms with Crippen LogP contribution in [-0.2, 0) is 11.3 Å². The molecule has 0 aliphatic carbocycles. The van der Waals surface area contributed by atoms with E-state index in [1.165, 1.54) is 22.3 Å². The van der Waals surface area contributed by atoms with Gasteiger partial charge in [-0.05, 0) is 51.9 Å². The van der Waals surface area contributed by atoms with Gasteiger partial charge in [-0.1, -0.05) is 62.4 Å². The number of carbonyl (C=O) groups is 1. The minimum absolute atomic E-state index is 0.0841. The van der Waals surface area contributed by atoms with Crippen LogP contribution in [0.1, 0.15) is 37.4 Å². The third-order valence-corrected chi connectivity index (χ3v) is 5.90. The molecule has 1 fully saturated rings. The van der Waals surface area contributed by atoms with Gasteiger partial charge in [-0.15, -0.1) is 5.10 Å². The lowest BCUT2D eigenvalue weighted by atomic mass is 9.99. The topological polar surface area (TPSA) is 75.9 Å². The standard InChI is InChI=1S/C24H30N6O/c1-17(2)13-25-24(31)23-12-21(30-16-26-27-28-30)15-29(23)14-19-8-10-20(11-9-19)22-7-5-4-6-18(22)3/h4-11,16-17,21,23H,12-15H2,1-3H3,(H,25,31)/t21-,23+/m1/s1. The summed E-state index contributed by atoms with van der Waals surface area (Å²) >= 11 is 0. The van der Waals surface area contributed by atoms with Crippen LogP contribution in [0.15, 0.2) is 54.9 Å². The van der Waals surface area contributed by atoms with Crippen LogP contribution in [0, 0.1) is 12.8 Å². The molecule has 2 aromatic carbocycles. The minimum atomic E-state index is -0.191. The predicted molar refractivity (Wildman–Crippen MR) is 120 cm³/mol. The Hall–Kier alpha value is -3.06. The molecule has 0 spiro atoms. The molecule has 7 heteroatoms. The molecular weight excluding hydrogens is 388 g/mol. The lowest BCUT2D eigenvalue weighted by molar-refractivity contribution is -0.125. The number of hydrogen-bond acceptors (Lipinski definition) is 5. The van der Waals surface area contributed by atoms with Gasteiger partial charge in [0.25, 0.3) is 0 Å². The van der Waals surface area contributed by atoms with E-state index in [2.05, 4.69) is 95.0 Å². The largest absolute Gasteiger partial charge is 0.354 e. The van der Waals surface area contributed by atoms with Crippen molar-refractivity contribution in [2.45, 2.75) is 45.8 Å². The third-order valence-electron chi connectivity index (χ3n) is 5.90. The zero-order valence-corrected chi connectivity index (χ0v) is 18.4. The molecule has 1 amide bonds. The van der Waals surface area contributed by atoms with Crippen molar-refractivity contribution in [2.24, 2.45) is 5.92 Å². The number of hydrogen-bond donors (Lipinski definition) is 1. The van der Waals surface area contributed by atoms with Crippen molar-refractivity contribution >= 4 is 5.91 Å².